The lowest BCUT2D eigenvalue weighted by molar-refractivity contribution is 0.578. The fourth-order valence-corrected chi connectivity index (χ4v) is 3.54. The van der Waals surface area contributed by atoms with Crippen molar-refractivity contribution in [1.29, 1.82) is 0 Å². The summed E-state index contributed by atoms with van der Waals surface area (Å²) in [5, 5.41) is 0.479. The molecule has 112 valence electrons. The minimum Gasteiger partial charge on any atom is -0.215 e. The van der Waals surface area contributed by atoms with Gasteiger partial charge in [-0.2, -0.15) is 0 Å². The highest BCUT2D eigenvalue weighted by atomic mass is 35.5. The maximum Gasteiger partial charge on any atom is 0.215 e. The van der Waals surface area contributed by atoms with E-state index >= 15 is 0 Å². The number of nitrogens with one attached hydrogen (secondary N) is 1. The van der Waals surface area contributed by atoms with Crippen LogP contribution in [0.25, 0.3) is 0 Å². The van der Waals surface area contributed by atoms with Crippen molar-refractivity contribution in [3.63, 3.8) is 0 Å². The number of aryl methyl sites for hydroxylation is 1. The SMILES string of the molecule is O=S(=O)(Cc1ccccc1Cl)NCCCc1ccccc1. The van der Waals surface area contributed by atoms with E-state index in [0.717, 1.165) is 12.8 Å². The second kappa shape index (κ2) is 7.59. The van der Waals surface area contributed by atoms with Gasteiger partial charge >= 0.3 is 0 Å². The summed E-state index contributed by atoms with van der Waals surface area (Å²) in [6.07, 6.45) is 1.63. The average molecular weight is 324 g/mol. The topological polar surface area (TPSA) is 46.2 Å². The molecule has 0 aromatic heterocycles. The van der Waals surface area contributed by atoms with E-state index in [1.165, 1.54) is 5.56 Å². The Bertz CT molecular complexity index is 672. The lowest BCUT2D eigenvalue weighted by Gasteiger charge is -2.08. The van der Waals surface area contributed by atoms with Gasteiger partial charge in [0.2, 0.25) is 10.0 Å². The Morgan fingerprint density at radius 3 is 2.33 bits per heavy atom. The van der Waals surface area contributed by atoms with Gasteiger partial charge in [0.05, 0.1) is 5.75 Å². The van der Waals surface area contributed by atoms with Gasteiger partial charge in [-0.15, -0.1) is 0 Å². The number of hydrogen-bond acceptors (Lipinski definition) is 2. The molecule has 0 saturated carbocycles. The van der Waals surface area contributed by atoms with Gasteiger partial charge in [0, 0.05) is 11.6 Å². The van der Waals surface area contributed by atoms with Crippen molar-refractivity contribution in [2.45, 2.75) is 18.6 Å². The monoisotopic (exact) mass is 323 g/mol. The van der Waals surface area contributed by atoms with Gasteiger partial charge in [0.25, 0.3) is 0 Å². The van der Waals surface area contributed by atoms with Gasteiger partial charge in [-0.05, 0) is 30.0 Å². The summed E-state index contributed by atoms with van der Waals surface area (Å²) in [4.78, 5) is 0. The first-order valence-corrected chi connectivity index (χ1v) is 8.84. The van der Waals surface area contributed by atoms with Gasteiger partial charge in [0.15, 0.2) is 0 Å². The normalized spacial score (nSPS) is 11.5. The molecule has 0 aliphatic rings. The molecule has 5 heteroatoms. The fraction of sp³-hybridized carbons (Fsp3) is 0.250. The predicted molar refractivity (Wildman–Crippen MR) is 86.8 cm³/mol. The summed E-state index contributed by atoms with van der Waals surface area (Å²) in [6, 6.07) is 17.0. The summed E-state index contributed by atoms with van der Waals surface area (Å²) in [7, 11) is -3.35. The second-order valence-electron chi connectivity index (χ2n) is 4.83. The van der Waals surface area contributed by atoms with E-state index in [1.807, 2.05) is 30.3 Å². The van der Waals surface area contributed by atoms with Crippen LogP contribution in [0.5, 0.6) is 0 Å². The highest BCUT2D eigenvalue weighted by Crippen LogP contribution is 2.17. The molecule has 2 aromatic carbocycles. The quantitative estimate of drug-likeness (QED) is 0.794. The van der Waals surface area contributed by atoms with Crippen molar-refractivity contribution in [2.24, 2.45) is 0 Å². The number of hydrogen-bond donors (Lipinski definition) is 1. The molecule has 2 aromatic rings. The first-order chi connectivity index (χ1) is 10.1. The van der Waals surface area contributed by atoms with Gasteiger partial charge in [-0.1, -0.05) is 60.1 Å². The van der Waals surface area contributed by atoms with E-state index in [2.05, 4.69) is 4.72 Å². The van der Waals surface area contributed by atoms with Crippen LogP contribution in [0.1, 0.15) is 17.5 Å². The van der Waals surface area contributed by atoms with Gasteiger partial charge in [-0.3, -0.25) is 0 Å². The smallest absolute Gasteiger partial charge is 0.215 e. The molecule has 2 rings (SSSR count). The third-order valence-corrected chi connectivity index (χ3v) is 4.81. The van der Waals surface area contributed by atoms with Crippen molar-refractivity contribution in [3.05, 3.63) is 70.7 Å². The average Bonchev–Trinajstić information content (AvgIpc) is 2.47. The summed E-state index contributed by atoms with van der Waals surface area (Å²) >= 11 is 5.98. The molecule has 0 aliphatic carbocycles. The summed E-state index contributed by atoms with van der Waals surface area (Å²) in [5.41, 5.74) is 1.83. The highest BCUT2D eigenvalue weighted by molar-refractivity contribution is 7.88. The molecule has 0 saturated heterocycles. The van der Waals surface area contributed by atoms with Crippen LogP contribution in [-0.2, 0) is 22.2 Å². The van der Waals surface area contributed by atoms with Crippen molar-refractivity contribution in [3.8, 4) is 0 Å². The molecule has 1 N–H and O–H groups in total. The van der Waals surface area contributed by atoms with Crippen LogP contribution < -0.4 is 4.72 Å². The largest absolute Gasteiger partial charge is 0.215 e. The van der Waals surface area contributed by atoms with Crippen LogP contribution in [0.2, 0.25) is 5.02 Å². The van der Waals surface area contributed by atoms with E-state index in [0.29, 0.717) is 17.1 Å². The zero-order valence-corrected chi connectivity index (χ0v) is 13.2. The van der Waals surface area contributed by atoms with Gasteiger partial charge in [-0.25, -0.2) is 13.1 Å². The molecular formula is C16H18ClNO2S. The Labute approximate surface area is 131 Å². The fourth-order valence-electron chi connectivity index (χ4n) is 2.04. The van der Waals surface area contributed by atoms with Gasteiger partial charge in [0.1, 0.15) is 0 Å². The molecule has 0 radical (unpaired) electrons. The standard InChI is InChI=1S/C16H18ClNO2S/c17-16-11-5-4-10-15(16)13-21(19,20)18-12-6-9-14-7-2-1-3-8-14/h1-5,7-8,10-11,18H,6,9,12-13H2. The van der Waals surface area contributed by atoms with Gasteiger partial charge < -0.3 is 0 Å². The van der Waals surface area contributed by atoms with Crippen molar-refractivity contribution in [1.82, 2.24) is 4.72 Å². The highest BCUT2D eigenvalue weighted by Gasteiger charge is 2.12. The molecule has 21 heavy (non-hydrogen) atoms. The minimum absolute atomic E-state index is 0.0853. The lowest BCUT2D eigenvalue weighted by Crippen LogP contribution is -2.26. The molecule has 0 aliphatic heterocycles. The van der Waals surface area contributed by atoms with E-state index in [4.69, 9.17) is 11.6 Å². The third kappa shape index (κ3) is 5.50. The molecule has 0 unspecified atom stereocenters. The zero-order chi connectivity index (χ0) is 15.1. The Balaban J connectivity index is 1.81. The van der Waals surface area contributed by atoms with E-state index in [1.54, 1.807) is 24.3 Å². The molecule has 0 spiro atoms. The Morgan fingerprint density at radius 2 is 1.62 bits per heavy atom. The summed E-state index contributed by atoms with van der Waals surface area (Å²) in [6.45, 7) is 0.432. The van der Waals surface area contributed by atoms with Crippen LogP contribution in [0.4, 0.5) is 0 Å². The molecule has 0 atom stereocenters. The molecule has 0 fully saturated rings. The molecule has 0 amide bonds. The van der Waals surface area contributed by atoms with Crippen molar-refractivity contribution < 1.29 is 8.42 Å². The first-order valence-electron chi connectivity index (χ1n) is 6.81. The minimum atomic E-state index is -3.35. The number of halogens is 1. The zero-order valence-electron chi connectivity index (χ0n) is 11.6. The van der Waals surface area contributed by atoms with Crippen LogP contribution in [-0.4, -0.2) is 15.0 Å². The molecular weight excluding hydrogens is 306 g/mol. The summed E-state index contributed by atoms with van der Waals surface area (Å²) in [5.74, 6) is -0.0853. The van der Waals surface area contributed by atoms with Crippen LogP contribution in [0, 0.1) is 0 Å². The summed E-state index contributed by atoms with van der Waals surface area (Å²) < 4.78 is 26.6. The molecule has 0 bridgehead atoms. The van der Waals surface area contributed by atoms with E-state index < -0.39 is 10.0 Å². The third-order valence-electron chi connectivity index (χ3n) is 3.11. The number of rotatable bonds is 7. The van der Waals surface area contributed by atoms with Crippen LogP contribution in [0.3, 0.4) is 0 Å². The Hall–Kier alpha value is -1.36. The number of sulfonamides is 1. The molecule has 0 heterocycles. The lowest BCUT2D eigenvalue weighted by atomic mass is 10.1. The van der Waals surface area contributed by atoms with Crippen LogP contribution in [0.15, 0.2) is 54.6 Å². The number of benzene rings is 2. The first kappa shape index (κ1) is 16.0. The Morgan fingerprint density at radius 1 is 0.952 bits per heavy atom. The Kier molecular flexibility index (Phi) is 5.79. The van der Waals surface area contributed by atoms with E-state index in [9.17, 15) is 8.42 Å². The van der Waals surface area contributed by atoms with Crippen molar-refractivity contribution in [2.75, 3.05) is 6.54 Å². The molecule has 3 nitrogen and oxygen atoms in total. The van der Waals surface area contributed by atoms with Crippen LogP contribution >= 0.6 is 11.6 Å². The predicted octanol–water partition coefficient (Wildman–Crippen LogP) is 3.39. The maximum atomic E-state index is 12.0. The maximum absolute atomic E-state index is 12.0. The van der Waals surface area contributed by atoms with Crippen molar-refractivity contribution >= 4 is 21.6 Å². The van der Waals surface area contributed by atoms with E-state index in [-0.39, 0.29) is 5.75 Å². The second-order valence-corrected chi connectivity index (χ2v) is 7.05.